The van der Waals surface area contributed by atoms with E-state index in [0.717, 1.165) is 23.6 Å². The first-order valence-electron chi connectivity index (χ1n) is 9.50. The minimum atomic E-state index is -0.0997. The molecule has 1 amide bonds. The lowest BCUT2D eigenvalue weighted by molar-refractivity contribution is -0.120. The number of ether oxygens (including phenoxy) is 2. The average molecular weight is 368 g/mol. The monoisotopic (exact) mass is 368 g/mol. The largest absolute Gasteiger partial charge is 0.493 e. The highest BCUT2D eigenvalue weighted by Gasteiger charge is 2.21. The molecule has 1 aliphatic rings. The maximum absolute atomic E-state index is 12.1. The lowest BCUT2D eigenvalue weighted by Crippen LogP contribution is -2.36. The first kappa shape index (κ1) is 19.2. The van der Waals surface area contributed by atoms with Crippen LogP contribution in [0.5, 0.6) is 11.5 Å². The van der Waals surface area contributed by atoms with Gasteiger partial charge in [0.05, 0.1) is 19.7 Å². The Balaban J connectivity index is 1.54. The van der Waals surface area contributed by atoms with Gasteiger partial charge in [0.15, 0.2) is 11.5 Å². The molecule has 5 heteroatoms. The molecule has 5 nitrogen and oxygen atoms in total. The molecule has 0 aliphatic heterocycles. The number of carbonyl (C=O) groups is 1. The summed E-state index contributed by atoms with van der Waals surface area (Å²) in [6, 6.07) is 15.7. The molecule has 1 fully saturated rings. The molecule has 2 aromatic rings. The molecule has 1 atom stereocenters. The van der Waals surface area contributed by atoms with E-state index in [1.54, 1.807) is 7.11 Å². The number of nitrogens with one attached hydrogen (secondary N) is 2. The first-order chi connectivity index (χ1) is 13.2. The van der Waals surface area contributed by atoms with Gasteiger partial charge >= 0.3 is 0 Å². The van der Waals surface area contributed by atoms with E-state index in [4.69, 9.17) is 9.47 Å². The van der Waals surface area contributed by atoms with Crippen LogP contribution in [-0.4, -0.2) is 26.1 Å². The summed E-state index contributed by atoms with van der Waals surface area (Å²) < 4.78 is 11.4. The van der Waals surface area contributed by atoms with Crippen molar-refractivity contribution in [3.8, 4) is 11.5 Å². The third kappa shape index (κ3) is 6.00. The Hall–Kier alpha value is -2.53. The summed E-state index contributed by atoms with van der Waals surface area (Å²) in [6.07, 6.45) is 2.56. The fraction of sp³-hybridized carbons (Fsp3) is 0.409. The van der Waals surface area contributed by atoms with Crippen LogP contribution in [0.2, 0.25) is 0 Å². The van der Waals surface area contributed by atoms with Gasteiger partial charge in [-0.2, -0.15) is 0 Å². The van der Waals surface area contributed by atoms with Crippen molar-refractivity contribution >= 4 is 5.91 Å². The Labute approximate surface area is 161 Å². The molecule has 0 radical (unpaired) electrons. The second-order valence-electron chi connectivity index (χ2n) is 7.05. The highest BCUT2D eigenvalue weighted by Crippen LogP contribution is 2.31. The van der Waals surface area contributed by atoms with Gasteiger partial charge in [-0.25, -0.2) is 0 Å². The van der Waals surface area contributed by atoms with Crippen molar-refractivity contribution in [2.45, 2.75) is 32.4 Å². The second-order valence-corrected chi connectivity index (χ2v) is 7.05. The molecule has 0 heterocycles. The van der Waals surface area contributed by atoms with Gasteiger partial charge in [-0.15, -0.1) is 0 Å². The van der Waals surface area contributed by atoms with Crippen molar-refractivity contribution in [1.82, 2.24) is 10.6 Å². The predicted octanol–water partition coefficient (Wildman–Crippen LogP) is 3.45. The van der Waals surface area contributed by atoms with E-state index in [1.165, 1.54) is 12.8 Å². The summed E-state index contributed by atoms with van der Waals surface area (Å²) in [6.45, 7) is 3.74. The molecule has 2 aromatic carbocycles. The molecule has 144 valence electrons. The Morgan fingerprint density at radius 2 is 1.93 bits per heavy atom. The van der Waals surface area contributed by atoms with Crippen molar-refractivity contribution < 1.29 is 14.3 Å². The quantitative estimate of drug-likeness (QED) is 0.674. The summed E-state index contributed by atoms with van der Waals surface area (Å²) in [5, 5.41) is 6.23. The number of amides is 1. The van der Waals surface area contributed by atoms with E-state index >= 15 is 0 Å². The van der Waals surface area contributed by atoms with Crippen molar-refractivity contribution in [1.29, 1.82) is 0 Å². The van der Waals surface area contributed by atoms with Crippen LogP contribution in [0.4, 0.5) is 0 Å². The van der Waals surface area contributed by atoms with Gasteiger partial charge in [-0.1, -0.05) is 36.4 Å². The van der Waals surface area contributed by atoms with Crippen LogP contribution in [0.1, 0.15) is 36.9 Å². The van der Waals surface area contributed by atoms with Crippen molar-refractivity contribution in [2.24, 2.45) is 5.92 Å². The number of rotatable bonds is 10. The van der Waals surface area contributed by atoms with Crippen LogP contribution < -0.4 is 20.1 Å². The van der Waals surface area contributed by atoms with E-state index in [0.29, 0.717) is 24.7 Å². The fourth-order valence-corrected chi connectivity index (χ4v) is 2.90. The zero-order chi connectivity index (χ0) is 19.1. The Morgan fingerprint density at radius 3 is 2.63 bits per heavy atom. The molecule has 0 bridgehead atoms. The van der Waals surface area contributed by atoms with Gasteiger partial charge in [0.1, 0.15) is 6.61 Å². The molecule has 1 unspecified atom stereocenters. The van der Waals surface area contributed by atoms with Gasteiger partial charge in [0.2, 0.25) is 5.91 Å². The Morgan fingerprint density at radius 1 is 1.15 bits per heavy atom. The molecular formula is C22H28N2O3. The van der Waals surface area contributed by atoms with Crippen molar-refractivity contribution in [3.63, 3.8) is 0 Å². The topological polar surface area (TPSA) is 59.6 Å². The number of methoxy groups -OCH3 is 1. The van der Waals surface area contributed by atoms with E-state index in [1.807, 2.05) is 55.5 Å². The number of hydrogen-bond donors (Lipinski definition) is 2. The molecule has 0 spiro atoms. The van der Waals surface area contributed by atoms with Crippen LogP contribution in [0, 0.1) is 5.92 Å². The summed E-state index contributed by atoms with van der Waals surface area (Å²) in [4.78, 5) is 12.1. The summed E-state index contributed by atoms with van der Waals surface area (Å²) >= 11 is 0. The van der Waals surface area contributed by atoms with E-state index < -0.39 is 0 Å². The number of benzene rings is 2. The first-order valence-corrected chi connectivity index (χ1v) is 9.50. The highest BCUT2D eigenvalue weighted by molar-refractivity contribution is 5.78. The third-order valence-electron chi connectivity index (χ3n) is 4.72. The van der Waals surface area contributed by atoms with Crippen LogP contribution in [0.3, 0.4) is 0 Å². The zero-order valence-electron chi connectivity index (χ0n) is 16.0. The van der Waals surface area contributed by atoms with Gasteiger partial charge in [0.25, 0.3) is 0 Å². The van der Waals surface area contributed by atoms with Gasteiger partial charge < -0.3 is 20.1 Å². The molecule has 0 saturated heterocycles. The molecule has 3 rings (SSSR count). The zero-order valence-corrected chi connectivity index (χ0v) is 16.0. The summed E-state index contributed by atoms with van der Waals surface area (Å²) in [7, 11) is 1.62. The number of carbonyl (C=O) groups excluding carboxylic acids is 1. The standard InChI is InChI=1S/C22H28N2O3/c1-16(24-22(25)14-23-13-17-8-9-17)19-10-11-20(21(12-19)26-2)27-15-18-6-4-3-5-7-18/h3-7,10-12,16-17,23H,8-9,13-15H2,1-2H3,(H,24,25). The lowest BCUT2D eigenvalue weighted by Gasteiger charge is -2.17. The van der Waals surface area contributed by atoms with Crippen LogP contribution in [0.15, 0.2) is 48.5 Å². The minimum absolute atomic E-state index is 0.00604. The van der Waals surface area contributed by atoms with Crippen LogP contribution in [0.25, 0.3) is 0 Å². The normalized spacial score (nSPS) is 14.4. The fourth-order valence-electron chi connectivity index (χ4n) is 2.90. The van der Waals surface area contributed by atoms with E-state index in [9.17, 15) is 4.79 Å². The summed E-state index contributed by atoms with van der Waals surface area (Å²) in [5.74, 6) is 2.13. The van der Waals surface area contributed by atoms with Crippen LogP contribution >= 0.6 is 0 Å². The molecule has 2 N–H and O–H groups in total. The predicted molar refractivity (Wildman–Crippen MR) is 106 cm³/mol. The maximum Gasteiger partial charge on any atom is 0.234 e. The maximum atomic E-state index is 12.1. The van der Waals surface area contributed by atoms with Gasteiger partial charge in [0, 0.05) is 0 Å². The van der Waals surface area contributed by atoms with Gasteiger partial charge in [-0.05, 0) is 55.5 Å². The SMILES string of the molecule is COc1cc(C(C)NC(=O)CNCC2CC2)ccc1OCc1ccccc1. The lowest BCUT2D eigenvalue weighted by atomic mass is 10.1. The molecule has 1 saturated carbocycles. The second kappa shape index (κ2) is 9.42. The molecule has 1 aliphatic carbocycles. The smallest absolute Gasteiger partial charge is 0.234 e. The minimum Gasteiger partial charge on any atom is -0.493 e. The molecule has 27 heavy (non-hydrogen) atoms. The molecular weight excluding hydrogens is 340 g/mol. The van der Waals surface area contributed by atoms with E-state index in [2.05, 4.69) is 10.6 Å². The van der Waals surface area contributed by atoms with Crippen molar-refractivity contribution in [2.75, 3.05) is 20.2 Å². The average Bonchev–Trinajstić information content (AvgIpc) is 3.51. The Kier molecular flexibility index (Phi) is 6.71. The highest BCUT2D eigenvalue weighted by atomic mass is 16.5. The van der Waals surface area contributed by atoms with E-state index in [-0.39, 0.29) is 11.9 Å². The van der Waals surface area contributed by atoms with Gasteiger partial charge in [-0.3, -0.25) is 4.79 Å². The van der Waals surface area contributed by atoms with Crippen LogP contribution in [-0.2, 0) is 11.4 Å². The Bertz CT molecular complexity index is 744. The number of hydrogen-bond acceptors (Lipinski definition) is 4. The van der Waals surface area contributed by atoms with Crippen molar-refractivity contribution in [3.05, 3.63) is 59.7 Å². The molecule has 0 aromatic heterocycles. The third-order valence-corrected chi connectivity index (χ3v) is 4.72. The summed E-state index contributed by atoms with van der Waals surface area (Å²) in [5.41, 5.74) is 2.08.